The van der Waals surface area contributed by atoms with Gasteiger partial charge in [-0.3, -0.25) is 0 Å². The van der Waals surface area contributed by atoms with Gasteiger partial charge < -0.3 is 5.32 Å². The van der Waals surface area contributed by atoms with Gasteiger partial charge in [0.05, 0.1) is 5.01 Å². The van der Waals surface area contributed by atoms with Gasteiger partial charge in [-0.15, -0.1) is 11.3 Å². The van der Waals surface area contributed by atoms with E-state index in [9.17, 15) is 0 Å². The van der Waals surface area contributed by atoms with Crippen molar-refractivity contribution in [2.75, 3.05) is 13.1 Å². The molecular formula is C11H20N2S. The fourth-order valence-electron chi connectivity index (χ4n) is 1.45. The highest BCUT2D eigenvalue weighted by Crippen LogP contribution is 2.15. The van der Waals surface area contributed by atoms with E-state index in [0.717, 1.165) is 31.1 Å². The molecule has 80 valence electrons. The van der Waals surface area contributed by atoms with Gasteiger partial charge in [0, 0.05) is 17.5 Å². The molecule has 0 amide bonds. The second-order valence-electron chi connectivity index (χ2n) is 3.67. The third kappa shape index (κ3) is 3.76. The van der Waals surface area contributed by atoms with E-state index in [1.807, 2.05) is 0 Å². The summed E-state index contributed by atoms with van der Waals surface area (Å²) in [6.07, 6.45) is 2.35. The van der Waals surface area contributed by atoms with Gasteiger partial charge in [0.1, 0.15) is 0 Å². The molecule has 0 spiro atoms. The quantitative estimate of drug-likeness (QED) is 0.784. The summed E-state index contributed by atoms with van der Waals surface area (Å²) >= 11 is 1.79. The summed E-state index contributed by atoms with van der Waals surface area (Å²) in [6, 6.07) is 0. The van der Waals surface area contributed by atoms with Crippen LogP contribution in [0, 0.1) is 12.8 Å². The van der Waals surface area contributed by atoms with Crippen LogP contribution in [0.15, 0.2) is 5.38 Å². The average Bonchev–Trinajstić information content (AvgIpc) is 2.58. The van der Waals surface area contributed by atoms with Gasteiger partial charge in [0.15, 0.2) is 0 Å². The number of hydrogen-bond acceptors (Lipinski definition) is 3. The van der Waals surface area contributed by atoms with Crippen LogP contribution in [-0.2, 0) is 6.42 Å². The first-order valence-electron chi connectivity index (χ1n) is 5.38. The Morgan fingerprint density at radius 1 is 1.50 bits per heavy atom. The van der Waals surface area contributed by atoms with Crippen LogP contribution in [0.5, 0.6) is 0 Å². The predicted molar refractivity (Wildman–Crippen MR) is 62.9 cm³/mol. The highest BCUT2D eigenvalue weighted by atomic mass is 32.1. The SMILES string of the molecule is CCNCC(CC)Cc1nc(C)cs1. The molecule has 2 nitrogen and oxygen atoms in total. The lowest BCUT2D eigenvalue weighted by molar-refractivity contribution is 0.466. The highest BCUT2D eigenvalue weighted by molar-refractivity contribution is 7.09. The van der Waals surface area contributed by atoms with Crippen LogP contribution >= 0.6 is 11.3 Å². The molecule has 1 unspecified atom stereocenters. The van der Waals surface area contributed by atoms with Crippen LogP contribution in [0.25, 0.3) is 0 Å². The summed E-state index contributed by atoms with van der Waals surface area (Å²) < 4.78 is 0. The van der Waals surface area contributed by atoms with Crippen LogP contribution in [0.2, 0.25) is 0 Å². The summed E-state index contributed by atoms with van der Waals surface area (Å²) in [7, 11) is 0. The molecule has 0 aliphatic rings. The molecular weight excluding hydrogens is 192 g/mol. The van der Waals surface area contributed by atoms with E-state index in [2.05, 4.69) is 36.5 Å². The molecule has 1 N–H and O–H groups in total. The van der Waals surface area contributed by atoms with Crippen LogP contribution in [0.4, 0.5) is 0 Å². The number of nitrogens with one attached hydrogen (secondary N) is 1. The number of hydrogen-bond donors (Lipinski definition) is 1. The molecule has 0 fully saturated rings. The van der Waals surface area contributed by atoms with Crippen molar-refractivity contribution in [1.29, 1.82) is 0 Å². The zero-order valence-corrected chi connectivity index (χ0v) is 10.2. The lowest BCUT2D eigenvalue weighted by atomic mass is 10.0. The normalized spacial score (nSPS) is 13.1. The Bertz CT molecular complexity index is 258. The van der Waals surface area contributed by atoms with E-state index in [1.54, 1.807) is 11.3 Å². The lowest BCUT2D eigenvalue weighted by Crippen LogP contribution is -2.23. The summed E-state index contributed by atoms with van der Waals surface area (Å²) in [5.74, 6) is 0.737. The van der Waals surface area contributed by atoms with Crippen molar-refractivity contribution < 1.29 is 0 Å². The van der Waals surface area contributed by atoms with Gasteiger partial charge in [0.2, 0.25) is 0 Å². The van der Waals surface area contributed by atoms with Gasteiger partial charge >= 0.3 is 0 Å². The fraction of sp³-hybridized carbons (Fsp3) is 0.727. The zero-order chi connectivity index (χ0) is 10.4. The van der Waals surface area contributed by atoms with Crippen molar-refractivity contribution in [3.8, 4) is 0 Å². The first-order valence-corrected chi connectivity index (χ1v) is 6.25. The molecule has 3 heteroatoms. The second-order valence-corrected chi connectivity index (χ2v) is 4.61. The first-order chi connectivity index (χ1) is 6.76. The third-order valence-electron chi connectivity index (χ3n) is 2.39. The maximum atomic E-state index is 4.50. The van der Waals surface area contributed by atoms with Gasteiger partial charge in [-0.05, 0) is 25.9 Å². The smallest absolute Gasteiger partial charge is 0.0931 e. The summed E-state index contributed by atoms with van der Waals surface area (Å²) in [5.41, 5.74) is 1.16. The topological polar surface area (TPSA) is 24.9 Å². The Balaban J connectivity index is 2.40. The van der Waals surface area contributed by atoms with Gasteiger partial charge in [-0.2, -0.15) is 0 Å². The fourth-order valence-corrected chi connectivity index (χ4v) is 2.34. The number of aryl methyl sites for hydroxylation is 1. The molecule has 1 rings (SSSR count). The van der Waals surface area contributed by atoms with Crippen molar-refractivity contribution >= 4 is 11.3 Å². The monoisotopic (exact) mass is 212 g/mol. The molecule has 0 aromatic carbocycles. The van der Waals surface area contributed by atoms with Crippen LogP contribution in [-0.4, -0.2) is 18.1 Å². The average molecular weight is 212 g/mol. The van der Waals surface area contributed by atoms with Crippen LogP contribution < -0.4 is 5.32 Å². The largest absolute Gasteiger partial charge is 0.317 e. The molecule has 1 atom stereocenters. The summed E-state index contributed by atoms with van der Waals surface area (Å²) in [6.45, 7) is 8.65. The van der Waals surface area contributed by atoms with Crippen molar-refractivity contribution in [3.05, 3.63) is 16.1 Å². The van der Waals surface area contributed by atoms with E-state index in [4.69, 9.17) is 0 Å². The number of thiazole rings is 1. The van der Waals surface area contributed by atoms with Crippen molar-refractivity contribution in [3.63, 3.8) is 0 Å². The molecule has 0 bridgehead atoms. The molecule has 1 aromatic rings. The molecule has 0 saturated heterocycles. The molecule has 0 aliphatic heterocycles. The van der Waals surface area contributed by atoms with Crippen molar-refractivity contribution in [2.24, 2.45) is 5.92 Å². The Kier molecular flexibility index (Phi) is 5.12. The number of nitrogens with zero attached hydrogens (tertiary/aromatic N) is 1. The first kappa shape index (κ1) is 11.7. The van der Waals surface area contributed by atoms with E-state index < -0.39 is 0 Å². The standard InChI is InChI=1S/C11H20N2S/c1-4-10(7-12-5-2)6-11-13-9(3)8-14-11/h8,10,12H,4-7H2,1-3H3. The van der Waals surface area contributed by atoms with Crippen molar-refractivity contribution in [1.82, 2.24) is 10.3 Å². The zero-order valence-electron chi connectivity index (χ0n) is 9.34. The number of rotatable bonds is 6. The molecule has 1 heterocycles. The molecule has 0 aliphatic carbocycles. The molecule has 0 saturated carbocycles. The minimum atomic E-state index is 0.737. The highest BCUT2D eigenvalue weighted by Gasteiger charge is 2.08. The van der Waals surface area contributed by atoms with Crippen LogP contribution in [0.3, 0.4) is 0 Å². The van der Waals surface area contributed by atoms with Gasteiger partial charge in [-0.25, -0.2) is 4.98 Å². The van der Waals surface area contributed by atoms with E-state index in [-0.39, 0.29) is 0 Å². The third-order valence-corrected chi connectivity index (χ3v) is 3.38. The Morgan fingerprint density at radius 2 is 2.29 bits per heavy atom. The van der Waals surface area contributed by atoms with Gasteiger partial charge in [-0.1, -0.05) is 20.3 Å². The van der Waals surface area contributed by atoms with Crippen LogP contribution in [0.1, 0.15) is 31.0 Å². The lowest BCUT2D eigenvalue weighted by Gasteiger charge is -2.13. The summed E-state index contributed by atoms with van der Waals surface area (Å²) in [5, 5.41) is 6.82. The summed E-state index contributed by atoms with van der Waals surface area (Å²) in [4.78, 5) is 4.50. The van der Waals surface area contributed by atoms with E-state index in [1.165, 1.54) is 11.4 Å². The molecule has 0 radical (unpaired) electrons. The number of aromatic nitrogens is 1. The molecule has 14 heavy (non-hydrogen) atoms. The molecule has 1 aromatic heterocycles. The Labute approximate surface area is 90.8 Å². The second kappa shape index (κ2) is 6.14. The minimum absolute atomic E-state index is 0.737. The predicted octanol–water partition coefficient (Wildman–Crippen LogP) is 2.63. The van der Waals surface area contributed by atoms with E-state index in [0.29, 0.717) is 0 Å². The van der Waals surface area contributed by atoms with E-state index >= 15 is 0 Å². The Morgan fingerprint density at radius 3 is 2.79 bits per heavy atom. The maximum Gasteiger partial charge on any atom is 0.0931 e. The maximum absolute atomic E-state index is 4.50. The Hall–Kier alpha value is -0.410. The van der Waals surface area contributed by atoms with Gasteiger partial charge in [0.25, 0.3) is 0 Å². The van der Waals surface area contributed by atoms with Crippen molar-refractivity contribution in [2.45, 2.75) is 33.6 Å². The minimum Gasteiger partial charge on any atom is -0.317 e.